The lowest BCUT2D eigenvalue weighted by atomic mass is 10.4. The van der Waals surface area contributed by atoms with E-state index in [1.807, 2.05) is 0 Å². The largest absolute Gasteiger partial charge is 0.416 e. The first-order valence-electron chi connectivity index (χ1n) is 4.34. The molecule has 0 atom stereocenters. The molecule has 9 heteroatoms. The first-order valence-corrected chi connectivity index (χ1v) is 5.95. The van der Waals surface area contributed by atoms with Crippen LogP contribution in [0, 0.1) is 17.0 Å². The van der Waals surface area contributed by atoms with Crippen molar-refractivity contribution < 1.29 is 9.34 Å². The molecule has 0 aliphatic heterocycles. The molecule has 0 spiro atoms. The number of hydrogen-bond acceptors (Lipinski definition) is 7. The Balaban J connectivity index is 2.35. The zero-order chi connectivity index (χ0) is 12.4. The third-order valence-electron chi connectivity index (χ3n) is 1.69. The van der Waals surface area contributed by atoms with Gasteiger partial charge < -0.3 is 4.42 Å². The number of hydrogen-bond donors (Lipinski definition) is 0. The summed E-state index contributed by atoms with van der Waals surface area (Å²) in [6.45, 7) is 1.64. The molecule has 0 aromatic carbocycles. The molecule has 7 nitrogen and oxygen atoms in total. The molecule has 88 valence electrons. The smallest absolute Gasteiger partial charge is 0.303 e. The van der Waals surface area contributed by atoms with E-state index < -0.39 is 4.92 Å². The van der Waals surface area contributed by atoms with Gasteiger partial charge in [-0.25, -0.2) is 4.98 Å². The molecule has 0 fully saturated rings. The van der Waals surface area contributed by atoms with Crippen LogP contribution in [0.15, 0.2) is 31.4 Å². The third-order valence-corrected chi connectivity index (χ3v) is 2.97. The summed E-state index contributed by atoms with van der Waals surface area (Å²) in [5.74, 6) is 0.396. The van der Waals surface area contributed by atoms with E-state index in [4.69, 9.17) is 4.42 Å². The third kappa shape index (κ3) is 2.80. The highest BCUT2D eigenvalue weighted by Crippen LogP contribution is 2.33. The van der Waals surface area contributed by atoms with Crippen LogP contribution in [0.1, 0.15) is 5.89 Å². The van der Waals surface area contributed by atoms with Gasteiger partial charge in [-0.3, -0.25) is 10.1 Å². The summed E-state index contributed by atoms with van der Waals surface area (Å²) in [7, 11) is 0. The molecule has 2 heterocycles. The maximum Gasteiger partial charge on any atom is 0.303 e. The standard InChI is InChI=1S/C8H5BrN4O3S/c1-4-11-12-8(16-4)17-7-6(13(14)15)2-5(9)3-10-7/h2-3H,1H3. The normalized spacial score (nSPS) is 10.5. The Morgan fingerprint density at radius 1 is 1.53 bits per heavy atom. The van der Waals surface area contributed by atoms with Crippen LogP contribution in [0.25, 0.3) is 0 Å². The van der Waals surface area contributed by atoms with Crippen LogP contribution in [0.5, 0.6) is 0 Å². The Labute approximate surface area is 108 Å². The number of aryl methyl sites for hydroxylation is 1. The molecule has 2 rings (SSSR count). The van der Waals surface area contributed by atoms with Crippen LogP contribution in [-0.4, -0.2) is 20.1 Å². The minimum atomic E-state index is -0.511. The highest BCUT2D eigenvalue weighted by atomic mass is 79.9. The van der Waals surface area contributed by atoms with Crippen molar-refractivity contribution in [3.63, 3.8) is 0 Å². The van der Waals surface area contributed by atoms with Gasteiger partial charge in [0.15, 0.2) is 5.03 Å². The van der Waals surface area contributed by atoms with Gasteiger partial charge in [0.25, 0.3) is 5.22 Å². The van der Waals surface area contributed by atoms with Gasteiger partial charge in [0.2, 0.25) is 5.89 Å². The predicted octanol–water partition coefficient (Wildman–Crippen LogP) is 2.59. The highest BCUT2D eigenvalue weighted by Gasteiger charge is 2.19. The first-order chi connectivity index (χ1) is 8.06. The number of pyridine rings is 1. The van der Waals surface area contributed by atoms with Crippen LogP contribution < -0.4 is 0 Å². The summed E-state index contributed by atoms with van der Waals surface area (Å²) in [5.41, 5.74) is -0.111. The van der Waals surface area contributed by atoms with Crippen molar-refractivity contribution in [1.29, 1.82) is 0 Å². The van der Waals surface area contributed by atoms with Crippen LogP contribution in [0.4, 0.5) is 5.69 Å². The lowest BCUT2D eigenvalue weighted by Gasteiger charge is -1.98. The van der Waals surface area contributed by atoms with Crippen molar-refractivity contribution in [3.05, 3.63) is 32.7 Å². The van der Waals surface area contributed by atoms with E-state index in [1.54, 1.807) is 6.92 Å². The molecule has 2 aromatic rings. The maximum absolute atomic E-state index is 10.8. The molecule has 0 bridgehead atoms. The molecule has 17 heavy (non-hydrogen) atoms. The number of nitro groups is 1. The van der Waals surface area contributed by atoms with E-state index in [1.165, 1.54) is 12.3 Å². The Kier molecular flexibility index (Phi) is 3.38. The Morgan fingerprint density at radius 3 is 2.88 bits per heavy atom. The average molecular weight is 317 g/mol. The van der Waals surface area contributed by atoms with Crippen LogP contribution in [0.2, 0.25) is 0 Å². The number of nitrogens with zero attached hydrogens (tertiary/aromatic N) is 4. The second-order valence-electron chi connectivity index (χ2n) is 2.92. The SMILES string of the molecule is Cc1nnc(Sc2ncc(Br)cc2[N+](=O)[O-])o1. The fraction of sp³-hybridized carbons (Fsp3) is 0.125. The molecule has 0 aliphatic rings. The summed E-state index contributed by atoms with van der Waals surface area (Å²) < 4.78 is 5.66. The molecular weight excluding hydrogens is 312 g/mol. The van der Waals surface area contributed by atoms with E-state index in [9.17, 15) is 10.1 Å². The average Bonchev–Trinajstić information content (AvgIpc) is 2.66. The van der Waals surface area contributed by atoms with E-state index >= 15 is 0 Å². The van der Waals surface area contributed by atoms with Gasteiger partial charge in [0.1, 0.15) is 0 Å². The minimum Gasteiger partial charge on any atom is -0.416 e. The fourth-order valence-corrected chi connectivity index (χ4v) is 2.10. The van der Waals surface area contributed by atoms with Crippen LogP contribution >= 0.6 is 27.7 Å². The number of rotatable bonds is 3. The molecule has 0 unspecified atom stereocenters. The van der Waals surface area contributed by atoms with Gasteiger partial charge in [-0.1, -0.05) is 0 Å². The molecule has 0 saturated carbocycles. The summed E-state index contributed by atoms with van der Waals surface area (Å²) in [5, 5.41) is 18.6. The zero-order valence-corrected chi connectivity index (χ0v) is 10.9. The predicted molar refractivity (Wildman–Crippen MR) is 61.7 cm³/mol. The topological polar surface area (TPSA) is 95.0 Å². The van der Waals surface area contributed by atoms with E-state index in [0.717, 1.165) is 11.8 Å². The number of aromatic nitrogens is 3. The molecular formula is C8H5BrN4O3S. The lowest BCUT2D eigenvalue weighted by Crippen LogP contribution is -1.93. The first kappa shape index (κ1) is 12.0. The summed E-state index contributed by atoms with van der Waals surface area (Å²) in [4.78, 5) is 14.3. The molecule has 0 N–H and O–H groups in total. The van der Waals surface area contributed by atoms with E-state index in [0.29, 0.717) is 10.4 Å². The van der Waals surface area contributed by atoms with Gasteiger partial charge in [-0.05, 0) is 27.7 Å². The Morgan fingerprint density at radius 2 is 2.29 bits per heavy atom. The van der Waals surface area contributed by atoms with Crippen molar-refractivity contribution in [2.24, 2.45) is 0 Å². The van der Waals surface area contributed by atoms with Crippen molar-refractivity contribution in [2.75, 3.05) is 0 Å². The van der Waals surface area contributed by atoms with Gasteiger partial charge in [0.05, 0.1) is 4.92 Å². The monoisotopic (exact) mass is 316 g/mol. The lowest BCUT2D eigenvalue weighted by molar-refractivity contribution is -0.388. The molecule has 0 amide bonds. The summed E-state index contributed by atoms with van der Waals surface area (Å²) in [6.07, 6.45) is 1.47. The van der Waals surface area contributed by atoms with Crippen molar-refractivity contribution in [3.8, 4) is 0 Å². The van der Waals surface area contributed by atoms with Crippen molar-refractivity contribution in [1.82, 2.24) is 15.2 Å². The van der Waals surface area contributed by atoms with Crippen LogP contribution in [-0.2, 0) is 0 Å². The quantitative estimate of drug-likeness (QED) is 0.634. The van der Waals surface area contributed by atoms with Crippen LogP contribution in [0.3, 0.4) is 0 Å². The van der Waals surface area contributed by atoms with Crippen molar-refractivity contribution in [2.45, 2.75) is 17.2 Å². The van der Waals surface area contributed by atoms with Gasteiger partial charge in [0, 0.05) is 23.7 Å². The zero-order valence-electron chi connectivity index (χ0n) is 8.45. The maximum atomic E-state index is 10.8. The van der Waals surface area contributed by atoms with E-state index in [2.05, 4.69) is 31.1 Å². The summed E-state index contributed by atoms with van der Waals surface area (Å²) >= 11 is 4.08. The second-order valence-corrected chi connectivity index (χ2v) is 4.78. The molecule has 2 aromatic heterocycles. The molecule has 0 aliphatic carbocycles. The Bertz CT molecular complexity index is 574. The number of halogens is 1. The Hall–Kier alpha value is -1.48. The minimum absolute atomic E-state index is 0.111. The second kappa shape index (κ2) is 4.80. The van der Waals surface area contributed by atoms with Gasteiger partial charge in [-0.2, -0.15) is 0 Å². The van der Waals surface area contributed by atoms with Crippen molar-refractivity contribution >= 4 is 33.4 Å². The fourth-order valence-electron chi connectivity index (χ4n) is 1.03. The van der Waals surface area contributed by atoms with Gasteiger partial charge >= 0.3 is 5.69 Å². The van der Waals surface area contributed by atoms with E-state index in [-0.39, 0.29) is 15.9 Å². The highest BCUT2D eigenvalue weighted by molar-refractivity contribution is 9.10. The molecule has 0 radical (unpaired) electrons. The summed E-state index contributed by atoms with van der Waals surface area (Å²) in [6, 6.07) is 1.37. The molecule has 0 saturated heterocycles. The van der Waals surface area contributed by atoms with Gasteiger partial charge in [-0.15, -0.1) is 10.2 Å².